The molecule has 0 aromatic rings. The fourth-order valence-corrected chi connectivity index (χ4v) is 7.35. The minimum Gasteiger partial charge on any atom is -0.462 e. The Morgan fingerprint density at radius 3 is 1.40 bits per heavy atom. The van der Waals surface area contributed by atoms with Crippen LogP contribution in [0.1, 0.15) is 162 Å². The molecule has 60 heavy (non-hydrogen) atoms. The van der Waals surface area contributed by atoms with Gasteiger partial charge >= 0.3 is 19.8 Å². The van der Waals surface area contributed by atoms with Crippen molar-refractivity contribution in [1.29, 1.82) is 0 Å². The fourth-order valence-electron chi connectivity index (χ4n) is 6.38. The summed E-state index contributed by atoms with van der Waals surface area (Å²) < 4.78 is 33.4. The zero-order valence-corrected chi connectivity index (χ0v) is 37.4. The molecular formula is C46H79O13P. The molecule has 1 aliphatic rings. The molecule has 346 valence electrons. The highest BCUT2D eigenvalue weighted by molar-refractivity contribution is 7.47. The minimum atomic E-state index is -5.13. The van der Waals surface area contributed by atoms with Gasteiger partial charge in [0.15, 0.2) is 6.10 Å². The van der Waals surface area contributed by atoms with E-state index in [1.54, 1.807) is 0 Å². The molecular weight excluding hydrogens is 791 g/mol. The number of carbonyl (C=O) groups excluding carboxylic acids is 2. The van der Waals surface area contributed by atoms with E-state index in [2.05, 4.69) is 74.6 Å². The molecule has 0 saturated heterocycles. The van der Waals surface area contributed by atoms with E-state index in [0.717, 1.165) is 83.5 Å². The first kappa shape index (κ1) is 55.6. The Hall–Kier alpha value is -2.45. The third-order valence-corrected chi connectivity index (χ3v) is 11.1. The Kier molecular flexibility index (Phi) is 33.4. The van der Waals surface area contributed by atoms with E-state index in [1.807, 2.05) is 0 Å². The van der Waals surface area contributed by atoms with Crippen LogP contribution < -0.4 is 0 Å². The SMILES string of the molecule is CCCCC/C=C/C/C=C/C/C=C/C/C=C/CCCCCC(=O)O[C@H](COC(=O)CCCCCCC/C=C/CCCCC)COP(=O)(O)OC1C(O)C(O)C(O)[C@H](O)C1O. The lowest BCUT2D eigenvalue weighted by molar-refractivity contribution is -0.220. The molecule has 0 radical (unpaired) electrons. The molecule has 0 heterocycles. The van der Waals surface area contributed by atoms with Gasteiger partial charge < -0.3 is 39.9 Å². The van der Waals surface area contributed by atoms with Crippen LogP contribution in [0.4, 0.5) is 0 Å². The molecule has 0 spiro atoms. The average molecular weight is 871 g/mol. The standard InChI is InChI=1S/C46H79O13P/c1-3-5-7-9-11-13-15-17-18-19-20-21-22-23-25-27-29-31-33-35-40(48)58-38(36-56-39(47)34-32-30-28-26-24-16-14-12-10-8-6-4-2)37-57-60(54,55)59-46-44(52)42(50)41(49)43(51)45(46)53/h11-14,17-18,20-21,23,25,38,41-46,49-53H,3-10,15-16,19,22,24,26-37H2,1-2H3,(H,54,55)/b13-11+,14-12+,18-17+,21-20+,25-23+/t38-,41?,42+,43?,44?,45?,46?/m1/s1. The van der Waals surface area contributed by atoms with Crippen LogP contribution in [0.25, 0.3) is 0 Å². The summed E-state index contributed by atoms with van der Waals surface area (Å²) >= 11 is 0. The molecule has 0 bridgehead atoms. The molecule has 1 rings (SSSR count). The van der Waals surface area contributed by atoms with Crippen molar-refractivity contribution in [1.82, 2.24) is 0 Å². The van der Waals surface area contributed by atoms with Crippen molar-refractivity contribution < 1.29 is 63.1 Å². The summed E-state index contributed by atoms with van der Waals surface area (Å²) in [5, 5.41) is 50.1. The highest BCUT2D eigenvalue weighted by atomic mass is 31.2. The van der Waals surface area contributed by atoms with Crippen LogP contribution >= 0.6 is 7.82 Å². The maximum absolute atomic E-state index is 12.8. The van der Waals surface area contributed by atoms with E-state index >= 15 is 0 Å². The first-order valence-corrected chi connectivity index (χ1v) is 24.1. The van der Waals surface area contributed by atoms with Gasteiger partial charge in [-0.1, -0.05) is 126 Å². The van der Waals surface area contributed by atoms with E-state index in [9.17, 15) is 44.6 Å². The molecule has 6 N–H and O–H groups in total. The molecule has 8 atom stereocenters. The average Bonchev–Trinajstić information content (AvgIpc) is 3.23. The number of phosphoric acid groups is 1. The van der Waals surface area contributed by atoms with Crippen LogP contribution in [-0.4, -0.2) is 98.3 Å². The maximum atomic E-state index is 12.8. The van der Waals surface area contributed by atoms with Crippen LogP contribution in [-0.2, 0) is 32.7 Å². The van der Waals surface area contributed by atoms with Gasteiger partial charge in [-0.25, -0.2) is 4.57 Å². The van der Waals surface area contributed by atoms with Crippen molar-refractivity contribution in [2.24, 2.45) is 0 Å². The van der Waals surface area contributed by atoms with Crippen LogP contribution in [0.15, 0.2) is 60.8 Å². The molecule has 6 unspecified atom stereocenters. The van der Waals surface area contributed by atoms with Gasteiger partial charge in [0.05, 0.1) is 6.61 Å². The Morgan fingerprint density at radius 2 is 0.900 bits per heavy atom. The molecule has 14 heteroatoms. The molecule has 1 aliphatic carbocycles. The number of aliphatic hydroxyl groups excluding tert-OH is 5. The summed E-state index contributed by atoms with van der Waals surface area (Å²) in [7, 11) is -5.13. The molecule has 1 saturated carbocycles. The maximum Gasteiger partial charge on any atom is 0.472 e. The normalized spacial score (nSPS) is 22.7. The molecule has 0 amide bonds. The molecule has 13 nitrogen and oxygen atoms in total. The van der Waals surface area contributed by atoms with Gasteiger partial charge in [-0.05, 0) is 83.5 Å². The number of hydrogen-bond acceptors (Lipinski definition) is 12. The van der Waals surface area contributed by atoms with Crippen molar-refractivity contribution in [2.45, 2.75) is 204 Å². The number of carbonyl (C=O) groups is 2. The summed E-state index contributed by atoms with van der Waals surface area (Å²) in [5.41, 5.74) is 0. The number of ether oxygens (including phenoxy) is 2. The van der Waals surface area contributed by atoms with Crippen molar-refractivity contribution in [2.75, 3.05) is 13.2 Å². The first-order valence-electron chi connectivity index (χ1n) is 22.6. The summed E-state index contributed by atoms with van der Waals surface area (Å²) in [6, 6.07) is 0. The van der Waals surface area contributed by atoms with Crippen LogP contribution in [0.5, 0.6) is 0 Å². The number of hydrogen-bond donors (Lipinski definition) is 6. The Balaban J connectivity index is 2.51. The van der Waals surface area contributed by atoms with E-state index in [0.29, 0.717) is 12.8 Å². The topological polar surface area (TPSA) is 210 Å². The quantitative estimate of drug-likeness (QED) is 0.0151. The molecule has 0 aliphatic heterocycles. The smallest absolute Gasteiger partial charge is 0.462 e. The van der Waals surface area contributed by atoms with Gasteiger partial charge in [0.2, 0.25) is 0 Å². The molecule has 0 aromatic carbocycles. The van der Waals surface area contributed by atoms with Gasteiger partial charge in [-0.15, -0.1) is 0 Å². The lowest BCUT2D eigenvalue weighted by Gasteiger charge is -2.41. The largest absolute Gasteiger partial charge is 0.472 e. The van der Waals surface area contributed by atoms with E-state index < -0.39 is 75.7 Å². The van der Waals surface area contributed by atoms with Crippen molar-refractivity contribution in [3.05, 3.63) is 60.8 Å². The number of esters is 2. The number of unbranched alkanes of at least 4 members (excludes halogenated alkanes) is 14. The molecule has 1 fully saturated rings. The number of phosphoric ester groups is 1. The monoisotopic (exact) mass is 871 g/mol. The summed E-state index contributed by atoms with van der Waals surface area (Å²) in [6.07, 6.45) is 29.9. The summed E-state index contributed by atoms with van der Waals surface area (Å²) in [6.45, 7) is 3.19. The highest BCUT2D eigenvalue weighted by Gasteiger charge is 2.51. The zero-order valence-electron chi connectivity index (χ0n) is 36.5. The summed E-state index contributed by atoms with van der Waals surface area (Å²) in [5.74, 6) is -1.15. The third kappa shape index (κ3) is 28.2. The Morgan fingerprint density at radius 1 is 0.517 bits per heavy atom. The third-order valence-electron chi connectivity index (χ3n) is 10.1. The van der Waals surface area contributed by atoms with Gasteiger partial charge in [0, 0.05) is 12.8 Å². The predicted octanol–water partition coefficient (Wildman–Crippen LogP) is 8.55. The van der Waals surface area contributed by atoms with Crippen molar-refractivity contribution >= 4 is 19.8 Å². The van der Waals surface area contributed by atoms with Crippen molar-refractivity contribution in [3.8, 4) is 0 Å². The minimum absolute atomic E-state index is 0.0551. The van der Waals surface area contributed by atoms with E-state index in [1.165, 1.54) is 38.5 Å². The lowest BCUT2D eigenvalue weighted by atomic mass is 9.85. The van der Waals surface area contributed by atoms with Gasteiger partial charge in [0.1, 0.15) is 43.2 Å². The van der Waals surface area contributed by atoms with E-state index in [4.69, 9.17) is 18.5 Å². The Labute approximate surface area is 360 Å². The lowest BCUT2D eigenvalue weighted by Crippen LogP contribution is -2.64. The second-order valence-electron chi connectivity index (χ2n) is 15.5. The molecule has 0 aromatic heterocycles. The second-order valence-corrected chi connectivity index (χ2v) is 16.9. The summed E-state index contributed by atoms with van der Waals surface area (Å²) in [4.78, 5) is 35.6. The van der Waals surface area contributed by atoms with Gasteiger partial charge in [-0.2, -0.15) is 0 Å². The first-order chi connectivity index (χ1) is 28.9. The zero-order chi connectivity index (χ0) is 44.3. The predicted molar refractivity (Wildman–Crippen MR) is 235 cm³/mol. The van der Waals surface area contributed by atoms with Crippen LogP contribution in [0.2, 0.25) is 0 Å². The van der Waals surface area contributed by atoms with Crippen LogP contribution in [0, 0.1) is 0 Å². The van der Waals surface area contributed by atoms with Crippen LogP contribution in [0.3, 0.4) is 0 Å². The number of aliphatic hydroxyl groups is 5. The number of rotatable bonds is 36. The second kappa shape index (κ2) is 36.1. The number of allylic oxidation sites excluding steroid dienone is 10. The van der Waals surface area contributed by atoms with Gasteiger partial charge in [-0.3, -0.25) is 18.6 Å². The van der Waals surface area contributed by atoms with Gasteiger partial charge in [0.25, 0.3) is 0 Å². The highest BCUT2D eigenvalue weighted by Crippen LogP contribution is 2.47. The Bertz CT molecular complexity index is 1280. The van der Waals surface area contributed by atoms with Crippen molar-refractivity contribution in [3.63, 3.8) is 0 Å². The fraction of sp³-hybridized carbons (Fsp3) is 0.739. The van der Waals surface area contributed by atoms with E-state index in [-0.39, 0.29) is 12.8 Å².